The molecule has 0 saturated carbocycles. The Morgan fingerprint density at radius 3 is 2.30 bits per heavy atom. The Labute approximate surface area is 181 Å². The lowest BCUT2D eigenvalue weighted by atomic mass is 10.1. The molecule has 0 radical (unpaired) electrons. The molecule has 0 aliphatic heterocycles. The highest BCUT2D eigenvalue weighted by Crippen LogP contribution is 2.13. The minimum absolute atomic E-state index is 0.0437. The molecule has 0 atom stereocenters. The lowest BCUT2D eigenvalue weighted by molar-refractivity contribution is 0.569. The molecule has 0 heterocycles. The summed E-state index contributed by atoms with van der Waals surface area (Å²) in [6, 6.07) is 17.9. The molecule has 2 aromatic carbocycles. The number of benzene rings is 2. The van der Waals surface area contributed by atoms with Crippen molar-refractivity contribution in [3.63, 3.8) is 0 Å². The van der Waals surface area contributed by atoms with E-state index < -0.39 is 10.0 Å². The van der Waals surface area contributed by atoms with Gasteiger partial charge in [-0.1, -0.05) is 54.6 Å². The third-order valence-electron chi connectivity index (χ3n) is 4.41. The molecular formula is C23H34N4O2S. The van der Waals surface area contributed by atoms with Gasteiger partial charge in [-0.2, -0.15) is 0 Å². The maximum absolute atomic E-state index is 12.3. The molecule has 3 N–H and O–H groups in total. The van der Waals surface area contributed by atoms with Crippen LogP contribution in [-0.4, -0.2) is 33.5 Å². The van der Waals surface area contributed by atoms with E-state index >= 15 is 0 Å². The van der Waals surface area contributed by atoms with Gasteiger partial charge in [0, 0.05) is 19.1 Å². The Morgan fingerprint density at radius 1 is 0.967 bits per heavy atom. The summed E-state index contributed by atoms with van der Waals surface area (Å²) in [5, 5.41) is 6.62. The quantitative estimate of drug-likeness (QED) is 0.290. The predicted molar refractivity (Wildman–Crippen MR) is 125 cm³/mol. The van der Waals surface area contributed by atoms with E-state index in [-0.39, 0.29) is 11.8 Å². The number of aryl methyl sites for hydroxylation is 1. The Balaban J connectivity index is 1.96. The molecule has 0 spiro atoms. The van der Waals surface area contributed by atoms with Crippen molar-refractivity contribution >= 4 is 16.0 Å². The molecule has 0 aliphatic carbocycles. The molecule has 30 heavy (non-hydrogen) atoms. The van der Waals surface area contributed by atoms with Crippen molar-refractivity contribution in [1.29, 1.82) is 0 Å². The SMILES string of the molecule is CCNC(=NCc1ccccc1CS(=O)(=O)NC(C)C)NCCCc1ccccc1. The molecule has 0 fully saturated rings. The van der Waals surface area contributed by atoms with E-state index in [1.165, 1.54) is 5.56 Å². The average Bonchev–Trinajstić information content (AvgIpc) is 2.69. The van der Waals surface area contributed by atoms with Crippen LogP contribution >= 0.6 is 0 Å². The van der Waals surface area contributed by atoms with Gasteiger partial charge in [0.25, 0.3) is 0 Å². The van der Waals surface area contributed by atoms with Crippen molar-refractivity contribution < 1.29 is 8.42 Å². The van der Waals surface area contributed by atoms with Crippen molar-refractivity contribution in [2.24, 2.45) is 4.99 Å². The molecule has 2 rings (SSSR count). The topological polar surface area (TPSA) is 82.6 Å². The molecule has 0 aliphatic rings. The van der Waals surface area contributed by atoms with E-state index in [0.29, 0.717) is 6.54 Å². The molecular weight excluding hydrogens is 396 g/mol. The standard InChI is InChI=1S/C23H34N4O2S/c1-4-24-23(25-16-10-13-20-11-6-5-7-12-20)26-17-21-14-8-9-15-22(21)18-30(28,29)27-19(2)3/h5-9,11-12,14-15,19,27H,4,10,13,16-18H2,1-3H3,(H2,24,25,26). The molecule has 0 aromatic heterocycles. The number of nitrogens with zero attached hydrogens (tertiary/aromatic N) is 1. The minimum Gasteiger partial charge on any atom is -0.357 e. The zero-order chi connectivity index (χ0) is 21.8. The van der Waals surface area contributed by atoms with Crippen LogP contribution in [0.15, 0.2) is 59.6 Å². The summed E-state index contributed by atoms with van der Waals surface area (Å²) in [6.45, 7) is 7.66. The first-order valence-corrected chi connectivity index (χ1v) is 12.2. The van der Waals surface area contributed by atoms with Gasteiger partial charge in [0.05, 0.1) is 12.3 Å². The van der Waals surface area contributed by atoms with Crippen molar-refractivity contribution in [2.45, 2.75) is 52.0 Å². The normalized spacial score (nSPS) is 12.2. The first kappa shape index (κ1) is 23.9. The Hall–Kier alpha value is -2.38. The van der Waals surface area contributed by atoms with E-state index in [2.05, 4.69) is 44.6 Å². The monoisotopic (exact) mass is 430 g/mol. The van der Waals surface area contributed by atoms with Crippen molar-refractivity contribution in [2.75, 3.05) is 13.1 Å². The van der Waals surface area contributed by atoms with Crippen LogP contribution in [0.2, 0.25) is 0 Å². The lowest BCUT2D eigenvalue weighted by Crippen LogP contribution is -2.37. The van der Waals surface area contributed by atoms with E-state index in [9.17, 15) is 8.42 Å². The first-order chi connectivity index (χ1) is 14.4. The van der Waals surface area contributed by atoms with Crippen molar-refractivity contribution in [1.82, 2.24) is 15.4 Å². The van der Waals surface area contributed by atoms with E-state index in [1.807, 2.05) is 51.1 Å². The summed E-state index contributed by atoms with van der Waals surface area (Å²) in [4.78, 5) is 4.66. The molecule has 2 aromatic rings. The fraction of sp³-hybridized carbons (Fsp3) is 0.435. The third-order valence-corrected chi connectivity index (χ3v) is 5.93. The molecule has 0 saturated heterocycles. The van der Waals surface area contributed by atoms with E-state index in [0.717, 1.165) is 43.0 Å². The zero-order valence-corrected chi connectivity index (χ0v) is 19.0. The van der Waals surface area contributed by atoms with Crippen LogP contribution in [0.1, 0.15) is 43.9 Å². The highest BCUT2D eigenvalue weighted by molar-refractivity contribution is 7.88. The van der Waals surface area contributed by atoms with Gasteiger partial charge < -0.3 is 10.6 Å². The first-order valence-electron chi connectivity index (χ1n) is 10.5. The Kier molecular flexibility index (Phi) is 9.83. The minimum atomic E-state index is -3.38. The van der Waals surface area contributed by atoms with Crippen LogP contribution in [0, 0.1) is 0 Å². The molecule has 0 amide bonds. The average molecular weight is 431 g/mol. The molecule has 6 nitrogen and oxygen atoms in total. The van der Waals surface area contributed by atoms with Crippen LogP contribution < -0.4 is 15.4 Å². The highest BCUT2D eigenvalue weighted by Gasteiger charge is 2.15. The molecule has 0 unspecified atom stereocenters. The molecule has 0 bridgehead atoms. The summed E-state index contributed by atoms with van der Waals surface area (Å²) >= 11 is 0. The van der Waals surface area contributed by atoms with Crippen LogP contribution in [-0.2, 0) is 28.7 Å². The van der Waals surface area contributed by atoms with Gasteiger partial charge in [-0.25, -0.2) is 18.1 Å². The molecule has 7 heteroatoms. The van der Waals surface area contributed by atoms with Crippen molar-refractivity contribution in [3.8, 4) is 0 Å². The van der Waals surface area contributed by atoms with E-state index in [4.69, 9.17) is 0 Å². The number of guanidine groups is 1. The predicted octanol–water partition coefficient (Wildman–Crippen LogP) is 3.20. The maximum Gasteiger partial charge on any atom is 0.216 e. The van der Waals surface area contributed by atoms with Gasteiger partial charge >= 0.3 is 0 Å². The summed E-state index contributed by atoms with van der Waals surface area (Å²) in [6.07, 6.45) is 2.01. The number of nitrogens with one attached hydrogen (secondary N) is 3. The summed E-state index contributed by atoms with van der Waals surface area (Å²) in [5.41, 5.74) is 3.01. The largest absolute Gasteiger partial charge is 0.357 e. The van der Waals surface area contributed by atoms with Crippen LogP contribution in [0.3, 0.4) is 0 Å². The smallest absolute Gasteiger partial charge is 0.216 e. The summed E-state index contributed by atoms with van der Waals surface area (Å²) in [5.74, 6) is 0.696. The summed E-state index contributed by atoms with van der Waals surface area (Å²) in [7, 11) is -3.38. The van der Waals surface area contributed by atoms with Gasteiger partial charge in [0.2, 0.25) is 10.0 Å². The van der Waals surface area contributed by atoms with Gasteiger partial charge in [-0.15, -0.1) is 0 Å². The Morgan fingerprint density at radius 2 is 1.63 bits per heavy atom. The third kappa shape index (κ3) is 8.97. The van der Waals surface area contributed by atoms with Crippen molar-refractivity contribution in [3.05, 3.63) is 71.3 Å². The summed E-state index contributed by atoms with van der Waals surface area (Å²) < 4.78 is 27.3. The zero-order valence-electron chi connectivity index (χ0n) is 18.2. The number of sulfonamides is 1. The number of hydrogen-bond donors (Lipinski definition) is 3. The maximum atomic E-state index is 12.3. The van der Waals surface area contributed by atoms with Crippen LogP contribution in [0.4, 0.5) is 0 Å². The second-order valence-electron chi connectivity index (χ2n) is 7.51. The van der Waals surface area contributed by atoms with Crippen LogP contribution in [0.5, 0.6) is 0 Å². The van der Waals surface area contributed by atoms with Gasteiger partial charge in [0.1, 0.15) is 0 Å². The van der Waals surface area contributed by atoms with Crippen LogP contribution in [0.25, 0.3) is 0 Å². The second kappa shape index (κ2) is 12.3. The Bertz CT molecular complexity index is 896. The van der Waals surface area contributed by atoms with E-state index in [1.54, 1.807) is 0 Å². The fourth-order valence-corrected chi connectivity index (χ4v) is 4.60. The van der Waals surface area contributed by atoms with Gasteiger partial charge in [-0.05, 0) is 50.3 Å². The lowest BCUT2D eigenvalue weighted by Gasteiger charge is -2.14. The second-order valence-corrected chi connectivity index (χ2v) is 9.27. The molecule has 164 valence electrons. The van der Waals surface area contributed by atoms with Gasteiger partial charge in [-0.3, -0.25) is 0 Å². The number of hydrogen-bond acceptors (Lipinski definition) is 3. The fourth-order valence-electron chi connectivity index (χ4n) is 3.11. The van der Waals surface area contributed by atoms with Gasteiger partial charge in [0.15, 0.2) is 5.96 Å². The number of rotatable bonds is 11. The highest BCUT2D eigenvalue weighted by atomic mass is 32.2. The number of aliphatic imine (C=N–C) groups is 1.